The topological polar surface area (TPSA) is 89.9 Å². The summed E-state index contributed by atoms with van der Waals surface area (Å²) >= 11 is 2.60. The molecule has 1 aliphatic heterocycles. The number of likely N-dealkylation sites (N-methyl/N-ethyl adjacent to an activating group) is 2. The molecule has 31 heavy (non-hydrogen) atoms. The van der Waals surface area contributed by atoms with E-state index in [1.165, 1.54) is 28.7 Å². The molecule has 2 aromatic rings. The Morgan fingerprint density at radius 1 is 1.26 bits per heavy atom. The number of aliphatic imine (C=N–C) groups is 1. The smallest absolute Gasteiger partial charge is 0.323 e. The van der Waals surface area contributed by atoms with Crippen LogP contribution in [0.3, 0.4) is 0 Å². The van der Waals surface area contributed by atoms with Gasteiger partial charge in [0.25, 0.3) is 5.91 Å². The van der Waals surface area contributed by atoms with Crippen LogP contribution in [-0.4, -0.2) is 66.1 Å². The number of amides is 3. The van der Waals surface area contributed by atoms with Gasteiger partial charge in [0.1, 0.15) is 0 Å². The van der Waals surface area contributed by atoms with Crippen molar-refractivity contribution in [1.82, 2.24) is 20.1 Å². The molecule has 10 heteroatoms. The van der Waals surface area contributed by atoms with Crippen molar-refractivity contribution in [2.75, 3.05) is 39.5 Å². The molecule has 3 rings (SSSR count). The van der Waals surface area contributed by atoms with Crippen LogP contribution in [0.25, 0.3) is 6.08 Å². The van der Waals surface area contributed by atoms with Crippen LogP contribution in [0.5, 0.6) is 0 Å². The number of nitrogens with zero attached hydrogens (tertiary/aromatic N) is 4. The van der Waals surface area contributed by atoms with Crippen LogP contribution in [0.15, 0.2) is 34.3 Å². The van der Waals surface area contributed by atoms with Crippen LogP contribution in [0, 0.1) is 13.8 Å². The molecule has 0 atom stereocenters. The van der Waals surface area contributed by atoms with Crippen molar-refractivity contribution in [2.24, 2.45) is 4.99 Å². The molecule has 0 radical (unpaired) electrons. The molecule has 0 aliphatic carbocycles. The number of rotatable bonds is 6. The maximum Gasteiger partial charge on any atom is 0.323 e. The molecular weight excluding hydrogens is 432 g/mol. The van der Waals surface area contributed by atoms with Gasteiger partial charge in [-0.25, -0.2) is 14.8 Å². The quantitative estimate of drug-likeness (QED) is 0.645. The Morgan fingerprint density at radius 3 is 2.74 bits per heavy atom. The first-order valence-corrected chi connectivity index (χ1v) is 11.3. The standard InChI is InChI=1S/C21H26N6O2S2/c1-13-6-7-16(14(2)10-13)23-20-24-18(28)17(31-20)11-15-12-22-19(30-15)25-21(29)27(5)9-8-26(3)4/h6-7,10-12H,8-9H2,1-5H3,(H,22,25,29)(H,23,24,28)/b17-11-. The summed E-state index contributed by atoms with van der Waals surface area (Å²) in [6.07, 6.45) is 3.40. The predicted molar refractivity (Wildman–Crippen MR) is 129 cm³/mol. The molecular formula is C21H26N6O2S2. The van der Waals surface area contributed by atoms with Gasteiger partial charge in [-0.2, -0.15) is 0 Å². The Balaban J connectivity index is 1.65. The fourth-order valence-corrected chi connectivity index (χ4v) is 4.35. The van der Waals surface area contributed by atoms with Gasteiger partial charge < -0.3 is 15.1 Å². The van der Waals surface area contributed by atoms with Gasteiger partial charge in [0, 0.05) is 26.3 Å². The summed E-state index contributed by atoms with van der Waals surface area (Å²) in [6, 6.07) is 5.78. The lowest BCUT2D eigenvalue weighted by molar-refractivity contribution is -0.115. The number of amidine groups is 1. The number of hydrogen-bond acceptors (Lipinski definition) is 7. The Labute approximate surface area is 190 Å². The molecule has 0 unspecified atom stereocenters. The summed E-state index contributed by atoms with van der Waals surface area (Å²) in [5.74, 6) is -0.198. The summed E-state index contributed by atoms with van der Waals surface area (Å²) in [4.78, 5) is 38.3. The highest BCUT2D eigenvalue weighted by molar-refractivity contribution is 8.18. The molecule has 164 valence electrons. The third kappa shape index (κ3) is 6.39. The van der Waals surface area contributed by atoms with Gasteiger partial charge in [-0.15, -0.1) is 0 Å². The molecule has 1 aromatic carbocycles. The van der Waals surface area contributed by atoms with E-state index in [-0.39, 0.29) is 11.9 Å². The lowest BCUT2D eigenvalue weighted by Crippen LogP contribution is -2.36. The predicted octanol–water partition coefficient (Wildman–Crippen LogP) is 3.68. The van der Waals surface area contributed by atoms with E-state index in [4.69, 9.17) is 0 Å². The van der Waals surface area contributed by atoms with Crippen molar-refractivity contribution in [3.63, 3.8) is 0 Å². The molecule has 1 aliphatic rings. The molecule has 1 fully saturated rings. The van der Waals surface area contributed by atoms with E-state index >= 15 is 0 Å². The molecule has 0 saturated carbocycles. The number of thiazole rings is 1. The van der Waals surface area contributed by atoms with Crippen LogP contribution in [0.2, 0.25) is 0 Å². The Kier molecular flexibility index (Phi) is 7.47. The van der Waals surface area contributed by atoms with Crippen LogP contribution in [0.1, 0.15) is 16.0 Å². The van der Waals surface area contributed by atoms with Crippen LogP contribution < -0.4 is 10.6 Å². The average molecular weight is 459 g/mol. The van der Waals surface area contributed by atoms with Gasteiger partial charge in [0.05, 0.1) is 15.5 Å². The van der Waals surface area contributed by atoms with E-state index in [9.17, 15) is 9.59 Å². The van der Waals surface area contributed by atoms with E-state index in [2.05, 4.69) is 26.7 Å². The largest absolute Gasteiger partial charge is 0.326 e. The average Bonchev–Trinajstić information content (AvgIpc) is 3.28. The number of anilines is 1. The second-order valence-corrected chi connectivity index (χ2v) is 9.59. The second kappa shape index (κ2) is 10.1. The Hall–Kier alpha value is -2.69. The maximum atomic E-state index is 12.3. The van der Waals surface area contributed by atoms with E-state index in [0.29, 0.717) is 21.7 Å². The number of urea groups is 1. The second-order valence-electron chi connectivity index (χ2n) is 7.49. The zero-order chi connectivity index (χ0) is 22.5. The van der Waals surface area contributed by atoms with Crippen molar-refractivity contribution < 1.29 is 9.59 Å². The zero-order valence-corrected chi connectivity index (χ0v) is 19.9. The number of aryl methyl sites for hydroxylation is 2. The molecule has 3 amide bonds. The number of hydrogen-bond donors (Lipinski definition) is 2. The highest BCUT2D eigenvalue weighted by Crippen LogP contribution is 2.31. The molecule has 0 spiro atoms. The van der Waals surface area contributed by atoms with Gasteiger partial charge in [-0.05, 0) is 57.4 Å². The van der Waals surface area contributed by atoms with Crippen LogP contribution in [-0.2, 0) is 4.79 Å². The minimum absolute atomic E-state index is 0.198. The zero-order valence-electron chi connectivity index (χ0n) is 18.2. The molecule has 1 saturated heterocycles. The van der Waals surface area contributed by atoms with E-state index in [1.54, 1.807) is 24.2 Å². The fourth-order valence-electron chi connectivity index (χ4n) is 2.70. The van der Waals surface area contributed by atoms with Gasteiger partial charge in [-0.3, -0.25) is 10.1 Å². The Morgan fingerprint density at radius 2 is 2.03 bits per heavy atom. The summed E-state index contributed by atoms with van der Waals surface area (Å²) in [5, 5.41) is 6.62. The van der Waals surface area contributed by atoms with E-state index < -0.39 is 0 Å². The van der Waals surface area contributed by atoms with Gasteiger partial charge in [0.2, 0.25) is 0 Å². The third-order valence-corrected chi connectivity index (χ3v) is 6.23. The number of carbonyl (C=O) groups excluding carboxylic acids is 2. The normalized spacial score (nSPS) is 16.3. The fraction of sp³-hybridized carbons (Fsp3) is 0.333. The molecule has 1 aromatic heterocycles. The number of nitrogens with one attached hydrogen (secondary N) is 2. The number of aromatic nitrogens is 1. The molecule has 0 bridgehead atoms. The lowest BCUT2D eigenvalue weighted by atomic mass is 10.1. The highest BCUT2D eigenvalue weighted by atomic mass is 32.2. The minimum atomic E-state index is -0.216. The summed E-state index contributed by atoms with van der Waals surface area (Å²) < 4.78 is 0. The maximum absolute atomic E-state index is 12.3. The highest BCUT2D eigenvalue weighted by Gasteiger charge is 2.24. The monoisotopic (exact) mass is 458 g/mol. The first-order chi connectivity index (χ1) is 14.7. The molecule has 2 N–H and O–H groups in total. The SMILES string of the molecule is Cc1ccc(N=C2NC(=O)/C(=C/c3cnc(NC(=O)N(C)CCN(C)C)s3)S2)c(C)c1. The van der Waals surface area contributed by atoms with Gasteiger partial charge >= 0.3 is 6.03 Å². The van der Waals surface area contributed by atoms with Crippen molar-refractivity contribution >= 4 is 57.1 Å². The molecule has 8 nitrogen and oxygen atoms in total. The number of thioether (sulfide) groups is 1. The summed E-state index contributed by atoms with van der Waals surface area (Å²) in [5.41, 5.74) is 3.05. The third-order valence-electron chi connectivity index (χ3n) is 4.47. The van der Waals surface area contributed by atoms with E-state index in [0.717, 1.165) is 22.7 Å². The summed E-state index contributed by atoms with van der Waals surface area (Å²) in [7, 11) is 5.66. The van der Waals surface area contributed by atoms with Gasteiger partial charge in [0.15, 0.2) is 10.3 Å². The lowest BCUT2D eigenvalue weighted by Gasteiger charge is -2.19. The van der Waals surface area contributed by atoms with Crippen molar-refractivity contribution in [1.29, 1.82) is 0 Å². The van der Waals surface area contributed by atoms with Crippen molar-refractivity contribution in [3.05, 3.63) is 45.3 Å². The van der Waals surface area contributed by atoms with Crippen LogP contribution in [0.4, 0.5) is 15.6 Å². The van der Waals surface area contributed by atoms with E-state index in [1.807, 2.05) is 45.0 Å². The van der Waals surface area contributed by atoms with Gasteiger partial charge in [-0.1, -0.05) is 29.0 Å². The minimum Gasteiger partial charge on any atom is -0.326 e. The molecule has 2 heterocycles. The first-order valence-electron chi connectivity index (χ1n) is 9.71. The van der Waals surface area contributed by atoms with Crippen molar-refractivity contribution in [2.45, 2.75) is 13.8 Å². The van der Waals surface area contributed by atoms with Crippen LogP contribution >= 0.6 is 23.1 Å². The van der Waals surface area contributed by atoms with Crippen molar-refractivity contribution in [3.8, 4) is 0 Å². The number of carbonyl (C=O) groups is 2. The Bertz CT molecular complexity index is 1040. The number of benzene rings is 1. The first kappa shape index (κ1) is 23.0. The summed E-state index contributed by atoms with van der Waals surface area (Å²) in [6.45, 7) is 5.41.